The molecule has 1 aromatic heterocycles. The van der Waals surface area contributed by atoms with E-state index < -0.39 is 11.9 Å². The molecule has 1 fully saturated rings. The summed E-state index contributed by atoms with van der Waals surface area (Å²) in [5.74, 6) is 0.184. The third kappa shape index (κ3) is 3.52. The Balaban J connectivity index is 0.000000771. The van der Waals surface area contributed by atoms with Crippen LogP contribution in [0.4, 0.5) is 5.82 Å². The van der Waals surface area contributed by atoms with Gasteiger partial charge in [-0.2, -0.15) is 4.98 Å². The van der Waals surface area contributed by atoms with Gasteiger partial charge in [0, 0.05) is 19.3 Å². The van der Waals surface area contributed by atoms with E-state index >= 15 is 0 Å². The summed E-state index contributed by atoms with van der Waals surface area (Å²) in [6.45, 7) is 4.99. The Kier molecular flexibility index (Phi) is 5.76. The molecule has 18 heavy (non-hydrogen) atoms. The van der Waals surface area contributed by atoms with Gasteiger partial charge in [0.15, 0.2) is 6.23 Å². The van der Waals surface area contributed by atoms with Crippen molar-refractivity contribution >= 4 is 5.82 Å². The summed E-state index contributed by atoms with van der Waals surface area (Å²) in [6, 6.07) is 1.54. The van der Waals surface area contributed by atoms with Crippen molar-refractivity contribution in [3.8, 4) is 0 Å². The molecule has 0 amide bonds. The molecule has 0 spiro atoms. The van der Waals surface area contributed by atoms with E-state index in [2.05, 4.69) is 10.3 Å². The summed E-state index contributed by atoms with van der Waals surface area (Å²) in [7, 11) is 0. The molecular weight excluding hydrogens is 236 g/mol. The molecule has 0 aliphatic carbocycles. The number of nitrogens with one attached hydrogen (secondary N) is 1. The van der Waals surface area contributed by atoms with Crippen molar-refractivity contribution in [3.63, 3.8) is 0 Å². The fourth-order valence-corrected chi connectivity index (χ4v) is 1.60. The van der Waals surface area contributed by atoms with E-state index in [0.29, 0.717) is 13.1 Å². The molecule has 102 valence electrons. The molecule has 1 aromatic rings. The third-order valence-electron chi connectivity index (χ3n) is 2.41. The van der Waals surface area contributed by atoms with Crippen LogP contribution in [0.1, 0.15) is 20.1 Å². The molecule has 1 aliphatic heterocycles. The van der Waals surface area contributed by atoms with Crippen molar-refractivity contribution in [1.82, 2.24) is 14.9 Å². The fourth-order valence-electron chi connectivity index (χ4n) is 1.60. The molecule has 0 radical (unpaired) electrons. The Morgan fingerprint density at radius 1 is 1.61 bits per heavy atom. The van der Waals surface area contributed by atoms with Crippen molar-refractivity contribution in [1.29, 1.82) is 0 Å². The van der Waals surface area contributed by atoms with Crippen molar-refractivity contribution < 1.29 is 9.84 Å². The van der Waals surface area contributed by atoms with Gasteiger partial charge in [-0.1, -0.05) is 13.8 Å². The molecule has 2 heterocycles. The number of nitrogens with zero attached hydrogens (tertiary/aromatic N) is 2. The normalized spacial score (nSPS) is 23.1. The Bertz CT molecular complexity index is 421. The fraction of sp³-hybridized carbons (Fsp3) is 0.636. The lowest BCUT2D eigenvalue weighted by atomic mass is 10.3. The van der Waals surface area contributed by atoms with Crippen molar-refractivity contribution in [2.75, 3.05) is 25.4 Å². The van der Waals surface area contributed by atoms with E-state index in [-0.39, 0.29) is 18.5 Å². The maximum Gasteiger partial charge on any atom is 0.351 e. The monoisotopic (exact) mass is 256 g/mol. The number of anilines is 1. The van der Waals surface area contributed by atoms with Crippen molar-refractivity contribution in [2.45, 2.75) is 26.2 Å². The second-order valence-corrected chi connectivity index (χ2v) is 3.60. The molecule has 7 nitrogen and oxygen atoms in total. The summed E-state index contributed by atoms with van der Waals surface area (Å²) < 4.78 is 6.86. The van der Waals surface area contributed by atoms with E-state index in [1.807, 2.05) is 13.8 Å². The van der Waals surface area contributed by atoms with Gasteiger partial charge in [0.05, 0.1) is 12.7 Å². The van der Waals surface area contributed by atoms with E-state index in [4.69, 9.17) is 15.6 Å². The molecular formula is C11H20N4O3. The first-order valence-corrected chi connectivity index (χ1v) is 6.02. The number of nitrogens with two attached hydrogens (primary N) is 1. The minimum absolute atomic E-state index is 0.0827. The summed E-state index contributed by atoms with van der Waals surface area (Å²) in [5, 5.41) is 12.1. The number of hydrogen-bond donors (Lipinski definition) is 3. The maximum absolute atomic E-state index is 11.5. The van der Waals surface area contributed by atoms with Crippen LogP contribution in [0.3, 0.4) is 0 Å². The average Bonchev–Trinajstić information content (AvgIpc) is 2.41. The van der Waals surface area contributed by atoms with E-state index in [1.54, 1.807) is 0 Å². The molecule has 0 bridgehead atoms. The lowest BCUT2D eigenvalue weighted by molar-refractivity contribution is -0.0967. The van der Waals surface area contributed by atoms with Crippen molar-refractivity contribution in [3.05, 3.63) is 22.7 Å². The van der Waals surface area contributed by atoms with Gasteiger partial charge in [0.25, 0.3) is 0 Å². The van der Waals surface area contributed by atoms with Gasteiger partial charge in [0.1, 0.15) is 5.82 Å². The topological polar surface area (TPSA) is 102 Å². The Morgan fingerprint density at radius 2 is 2.33 bits per heavy atom. The third-order valence-corrected chi connectivity index (χ3v) is 2.41. The van der Waals surface area contributed by atoms with Gasteiger partial charge in [-0.3, -0.25) is 4.57 Å². The van der Waals surface area contributed by atoms with Crippen LogP contribution in [0, 0.1) is 0 Å². The van der Waals surface area contributed by atoms with Crippen LogP contribution >= 0.6 is 0 Å². The maximum atomic E-state index is 11.5. The minimum atomic E-state index is -0.453. The highest BCUT2D eigenvalue weighted by Crippen LogP contribution is 2.12. The highest BCUT2D eigenvalue weighted by molar-refractivity contribution is 5.23. The number of hydrogen-bond acceptors (Lipinski definition) is 6. The number of aromatic nitrogens is 2. The Labute approximate surface area is 106 Å². The van der Waals surface area contributed by atoms with Crippen LogP contribution in [0.5, 0.6) is 0 Å². The molecule has 2 atom stereocenters. The summed E-state index contributed by atoms with van der Waals surface area (Å²) >= 11 is 0. The van der Waals surface area contributed by atoms with Crippen LogP contribution in [0.25, 0.3) is 0 Å². The molecule has 1 saturated heterocycles. The highest BCUT2D eigenvalue weighted by atomic mass is 16.5. The highest BCUT2D eigenvalue weighted by Gasteiger charge is 2.23. The lowest BCUT2D eigenvalue weighted by Crippen LogP contribution is -2.46. The van der Waals surface area contributed by atoms with Gasteiger partial charge in [0.2, 0.25) is 0 Å². The number of ether oxygens (including phenoxy) is 1. The smallest absolute Gasteiger partial charge is 0.351 e. The van der Waals surface area contributed by atoms with Gasteiger partial charge in [-0.25, -0.2) is 4.79 Å². The van der Waals surface area contributed by atoms with E-state index in [9.17, 15) is 4.79 Å². The molecule has 4 N–H and O–H groups in total. The zero-order valence-corrected chi connectivity index (χ0v) is 10.7. The molecule has 7 heteroatoms. The second-order valence-electron chi connectivity index (χ2n) is 3.60. The lowest BCUT2D eigenvalue weighted by Gasteiger charge is -2.30. The van der Waals surface area contributed by atoms with E-state index in [1.165, 1.54) is 16.8 Å². The largest absolute Gasteiger partial charge is 0.394 e. The van der Waals surface area contributed by atoms with Crippen LogP contribution in [0.15, 0.2) is 17.1 Å². The average molecular weight is 256 g/mol. The van der Waals surface area contributed by atoms with Crippen molar-refractivity contribution in [2.24, 2.45) is 0 Å². The summed E-state index contributed by atoms with van der Waals surface area (Å²) in [6.07, 6.45) is 0.784. The predicted molar refractivity (Wildman–Crippen MR) is 68.1 cm³/mol. The Hall–Kier alpha value is -1.44. The van der Waals surface area contributed by atoms with E-state index in [0.717, 1.165) is 0 Å². The van der Waals surface area contributed by atoms with Gasteiger partial charge in [-0.05, 0) is 6.07 Å². The van der Waals surface area contributed by atoms with Crippen LogP contribution < -0.4 is 16.7 Å². The second kappa shape index (κ2) is 7.10. The Morgan fingerprint density at radius 3 is 2.94 bits per heavy atom. The summed E-state index contributed by atoms with van der Waals surface area (Å²) in [4.78, 5) is 15.2. The molecule has 0 saturated carbocycles. The SMILES string of the molecule is CC.Nc1ccn([C@H]2CNC[C@@H](CO)O2)c(=O)n1. The first kappa shape index (κ1) is 14.6. The quantitative estimate of drug-likeness (QED) is 0.648. The van der Waals surface area contributed by atoms with Crippen LogP contribution in [0.2, 0.25) is 0 Å². The summed E-state index contributed by atoms with van der Waals surface area (Å²) in [5.41, 5.74) is 4.94. The molecule has 0 unspecified atom stereocenters. The number of aliphatic hydroxyl groups is 1. The van der Waals surface area contributed by atoms with Gasteiger partial charge in [-0.15, -0.1) is 0 Å². The van der Waals surface area contributed by atoms with Crippen LogP contribution in [-0.4, -0.2) is 40.5 Å². The number of aliphatic hydroxyl groups excluding tert-OH is 1. The van der Waals surface area contributed by atoms with Crippen LogP contribution in [-0.2, 0) is 4.74 Å². The standard InChI is InChI=1S/C9H14N4O3.C2H6/c10-7-1-2-13(9(15)12-7)8-4-11-3-6(5-14)16-8;1-2/h1-2,6,8,11,14H,3-5H2,(H2,10,12,15);1-2H3/t6-,8+;/m0./s1. The minimum Gasteiger partial charge on any atom is -0.394 e. The zero-order valence-electron chi connectivity index (χ0n) is 10.7. The molecule has 1 aliphatic rings. The number of rotatable bonds is 2. The molecule has 0 aromatic carbocycles. The molecule has 2 rings (SSSR count). The predicted octanol–water partition coefficient (Wildman–Crippen LogP) is -0.669. The zero-order chi connectivity index (χ0) is 13.5. The number of morpholine rings is 1. The first-order chi connectivity index (χ1) is 8.70. The van der Waals surface area contributed by atoms with Gasteiger partial charge >= 0.3 is 5.69 Å². The number of nitrogen functional groups attached to an aromatic ring is 1. The first-order valence-electron chi connectivity index (χ1n) is 6.02. The van der Waals surface area contributed by atoms with Gasteiger partial charge < -0.3 is 20.9 Å².